The Morgan fingerprint density at radius 3 is 2.40 bits per heavy atom. The predicted molar refractivity (Wildman–Crippen MR) is 31.2 cm³/mol. The molecule has 0 rings (SSSR count). The first-order chi connectivity index (χ1) is 4.70. The van der Waals surface area contributed by atoms with E-state index in [1.807, 2.05) is 0 Å². The van der Waals surface area contributed by atoms with Crippen molar-refractivity contribution in [1.82, 2.24) is 0 Å². The number of rotatable bonds is 2. The van der Waals surface area contributed by atoms with Gasteiger partial charge in [-0.05, 0) is 0 Å². The zero-order valence-corrected chi connectivity index (χ0v) is 4.94. The molecule has 5 nitrogen and oxygen atoms in total. The molecular formula is C5H3N3O2. The van der Waals surface area contributed by atoms with Gasteiger partial charge in [-0.15, -0.1) is 0 Å². The predicted octanol–water partition coefficient (Wildman–Crippen LogP) is 0.237. The summed E-state index contributed by atoms with van der Waals surface area (Å²) in [6.45, 7) is -0.476. The van der Waals surface area contributed by atoms with Crippen LogP contribution in [-0.4, -0.2) is 11.5 Å². The van der Waals surface area contributed by atoms with Gasteiger partial charge in [0.15, 0.2) is 0 Å². The Labute approximate surface area is 56.9 Å². The van der Waals surface area contributed by atoms with Gasteiger partial charge in [0, 0.05) is 11.0 Å². The second-order valence-corrected chi connectivity index (χ2v) is 1.36. The molecule has 0 aliphatic carbocycles. The lowest BCUT2D eigenvalue weighted by Crippen LogP contribution is -1.96. The molecule has 0 aliphatic heterocycles. The van der Waals surface area contributed by atoms with Crippen LogP contribution in [0.25, 0.3) is 0 Å². The first-order valence-corrected chi connectivity index (χ1v) is 2.33. The van der Waals surface area contributed by atoms with Crippen molar-refractivity contribution in [3.8, 4) is 12.1 Å². The minimum atomic E-state index is -0.616. The number of nitriles is 2. The Morgan fingerprint density at radius 1 is 1.60 bits per heavy atom. The molecule has 0 amide bonds. The second kappa shape index (κ2) is 4.04. The van der Waals surface area contributed by atoms with Crippen molar-refractivity contribution >= 4 is 0 Å². The van der Waals surface area contributed by atoms with Crippen LogP contribution in [0.3, 0.4) is 0 Å². The Kier molecular flexibility index (Phi) is 3.28. The molecule has 5 heteroatoms. The van der Waals surface area contributed by atoms with Crippen LogP contribution in [-0.2, 0) is 0 Å². The van der Waals surface area contributed by atoms with Gasteiger partial charge in [0.2, 0.25) is 6.54 Å². The Bertz CT molecular complexity index is 227. The SMILES string of the molecule is N#CC(C#N)=CC[N+](=O)[O-]. The molecule has 0 unspecified atom stereocenters. The van der Waals surface area contributed by atoms with Crippen molar-refractivity contribution in [3.63, 3.8) is 0 Å². The zero-order valence-electron chi connectivity index (χ0n) is 4.94. The first-order valence-electron chi connectivity index (χ1n) is 2.33. The molecule has 0 aromatic heterocycles. The zero-order chi connectivity index (χ0) is 7.98. The number of nitrogens with zero attached hydrogens (tertiary/aromatic N) is 3. The second-order valence-electron chi connectivity index (χ2n) is 1.36. The summed E-state index contributed by atoms with van der Waals surface area (Å²) in [5.74, 6) is 0. The van der Waals surface area contributed by atoms with E-state index in [9.17, 15) is 10.1 Å². The van der Waals surface area contributed by atoms with Gasteiger partial charge < -0.3 is 0 Å². The van der Waals surface area contributed by atoms with E-state index in [2.05, 4.69) is 0 Å². The minimum absolute atomic E-state index is 0.225. The molecule has 0 N–H and O–H groups in total. The van der Waals surface area contributed by atoms with Crippen LogP contribution in [0, 0.1) is 32.8 Å². The number of nitro groups is 1. The molecular weight excluding hydrogens is 134 g/mol. The van der Waals surface area contributed by atoms with E-state index < -0.39 is 11.5 Å². The molecule has 0 fully saturated rings. The Hall–Kier alpha value is -1.88. The summed E-state index contributed by atoms with van der Waals surface area (Å²) in [7, 11) is 0. The van der Waals surface area contributed by atoms with E-state index in [1.54, 1.807) is 0 Å². The van der Waals surface area contributed by atoms with Gasteiger partial charge in [-0.25, -0.2) is 0 Å². The molecule has 0 aromatic rings. The van der Waals surface area contributed by atoms with Crippen molar-refractivity contribution < 1.29 is 4.92 Å². The van der Waals surface area contributed by atoms with Gasteiger partial charge in [0.05, 0.1) is 0 Å². The molecule has 0 bridgehead atoms. The van der Waals surface area contributed by atoms with Crippen molar-refractivity contribution in [2.75, 3.05) is 6.54 Å². The van der Waals surface area contributed by atoms with E-state index in [-0.39, 0.29) is 5.57 Å². The van der Waals surface area contributed by atoms with Crippen molar-refractivity contribution in [2.45, 2.75) is 0 Å². The fourth-order valence-electron chi connectivity index (χ4n) is 0.282. The van der Waals surface area contributed by atoms with Crippen LogP contribution in [0.4, 0.5) is 0 Å². The highest BCUT2D eigenvalue weighted by molar-refractivity contribution is 5.34. The largest absolute Gasteiger partial charge is 0.264 e. The average Bonchev–Trinajstić information content (AvgIpc) is 1.90. The lowest BCUT2D eigenvalue weighted by Gasteiger charge is -1.80. The smallest absolute Gasteiger partial charge is 0.224 e. The fourth-order valence-corrected chi connectivity index (χ4v) is 0.282. The van der Waals surface area contributed by atoms with Crippen LogP contribution in [0.1, 0.15) is 0 Å². The summed E-state index contributed by atoms with van der Waals surface area (Å²) < 4.78 is 0. The van der Waals surface area contributed by atoms with Gasteiger partial charge in [-0.1, -0.05) is 0 Å². The summed E-state index contributed by atoms with van der Waals surface area (Å²) >= 11 is 0. The van der Waals surface area contributed by atoms with Crippen molar-refractivity contribution in [1.29, 1.82) is 10.5 Å². The third-order valence-electron chi connectivity index (χ3n) is 0.685. The minimum Gasteiger partial charge on any atom is -0.264 e. The van der Waals surface area contributed by atoms with Gasteiger partial charge in [0.1, 0.15) is 17.7 Å². The van der Waals surface area contributed by atoms with E-state index >= 15 is 0 Å². The van der Waals surface area contributed by atoms with Crippen LogP contribution in [0.15, 0.2) is 11.6 Å². The maximum Gasteiger partial charge on any atom is 0.224 e. The maximum absolute atomic E-state index is 9.68. The topological polar surface area (TPSA) is 90.7 Å². The third-order valence-corrected chi connectivity index (χ3v) is 0.685. The highest BCUT2D eigenvalue weighted by Crippen LogP contribution is 1.87. The van der Waals surface area contributed by atoms with E-state index in [0.717, 1.165) is 6.08 Å². The Morgan fingerprint density at radius 2 is 2.10 bits per heavy atom. The maximum atomic E-state index is 9.68. The number of hydrogen-bond donors (Lipinski definition) is 0. The monoisotopic (exact) mass is 137 g/mol. The first kappa shape index (κ1) is 8.12. The molecule has 0 saturated carbocycles. The van der Waals surface area contributed by atoms with E-state index in [1.165, 1.54) is 12.1 Å². The highest BCUT2D eigenvalue weighted by Gasteiger charge is 1.94. The Balaban J connectivity index is 4.07. The van der Waals surface area contributed by atoms with Gasteiger partial charge >= 0.3 is 0 Å². The summed E-state index contributed by atoms with van der Waals surface area (Å²) in [5.41, 5.74) is -0.225. The normalized spacial score (nSPS) is 7.00. The summed E-state index contributed by atoms with van der Waals surface area (Å²) in [6, 6.07) is 3.01. The van der Waals surface area contributed by atoms with Gasteiger partial charge in [-0.3, -0.25) is 10.1 Å². The van der Waals surface area contributed by atoms with Crippen LogP contribution < -0.4 is 0 Å². The molecule has 0 radical (unpaired) electrons. The number of hydrogen-bond acceptors (Lipinski definition) is 4. The third kappa shape index (κ3) is 3.16. The molecule has 0 atom stereocenters. The van der Waals surface area contributed by atoms with E-state index in [0.29, 0.717) is 0 Å². The quantitative estimate of drug-likeness (QED) is 0.309. The molecule has 0 aromatic carbocycles. The van der Waals surface area contributed by atoms with E-state index in [4.69, 9.17) is 10.5 Å². The lowest BCUT2D eigenvalue weighted by molar-refractivity contribution is -0.468. The average molecular weight is 137 g/mol. The number of allylic oxidation sites excluding steroid dienone is 1. The molecule has 0 heterocycles. The fraction of sp³-hybridized carbons (Fsp3) is 0.200. The summed E-state index contributed by atoms with van der Waals surface area (Å²) in [6.07, 6.45) is 0.972. The molecule has 0 aliphatic rings. The summed E-state index contributed by atoms with van der Waals surface area (Å²) in [4.78, 5) is 9.06. The van der Waals surface area contributed by atoms with Crippen LogP contribution in [0.5, 0.6) is 0 Å². The standard InChI is InChI=1S/C5H3N3O2/c6-3-5(4-7)1-2-8(9)10/h1H,2H2. The highest BCUT2D eigenvalue weighted by atomic mass is 16.6. The van der Waals surface area contributed by atoms with Crippen molar-refractivity contribution in [2.24, 2.45) is 0 Å². The molecule has 0 saturated heterocycles. The van der Waals surface area contributed by atoms with Crippen molar-refractivity contribution in [3.05, 3.63) is 21.8 Å². The summed E-state index contributed by atoms with van der Waals surface area (Å²) in [5, 5.41) is 25.8. The molecule has 50 valence electrons. The van der Waals surface area contributed by atoms with Crippen LogP contribution >= 0.6 is 0 Å². The van der Waals surface area contributed by atoms with Gasteiger partial charge in [0.25, 0.3) is 0 Å². The molecule has 0 spiro atoms. The molecule has 10 heavy (non-hydrogen) atoms. The lowest BCUT2D eigenvalue weighted by atomic mass is 10.3. The van der Waals surface area contributed by atoms with Crippen LogP contribution in [0.2, 0.25) is 0 Å². The van der Waals surface area contributed by atoms with Gasteiger partial charge in [-0.2, -0.15) is 10.5 Å².